The first-order valence-corrected chi connectivity index (χ1v) is 15.7. The van der Waals surface area contributed by atoms with Gasteiger partial charge in [0.1, 0.15) is 5.58 Å². The van der Waals surface area contributed by atoms with Crippen molar-refractivity contribution in [2.45, 2.75) is 0 Å². The van der Waals surface area contributed by atoms with Gasteiger partial charge in [-0.3, -0.25) is 0 Å². The SMILES string of the molecule is C=Cc1c(-c2ccc(-n3c4ccccc4c4ccc5c6ccccc6oc5c43)c3ccccc23)ccc2c1C(=C)c1ccccc1-2. The topological polar surface area (TPSA) is 18.1 Å². The first-order valence-electron chi connectivity index (χ1n) is 15.7. The van der Waals surface area contributed by atoms with Crippen LogP contribution >= 0.6 is 0 Å². The summed E-state index contributed by atoms with van der Waals surface area (Å²) < 4.78 is 9.03. The molecule has 0 radical (unpaired) electrons. The number of aromatic nitrogens is 1. The van der Waals surface area contributed by atoms with Gasteiger partial charge >= 0.3 is 0 Å². The second-order valence-corrected chi connectivity index (χ2v) is 12.1. The van der Waals surface area contributed by atoms with Crippen molar-refractivity contribution < 1.29 is 4.42 Å². The van der Waals surface area contributed by atoms with Crippen molar-refractivity contribution >= 4 is 66.2 Å². The summed E-state index contributed by atoms with van der Waals surface area (Å²) in [5.41, 5.74) is 14.5. The molecule has 0 N–H and O–H groups in total. The largest absolute Gasteiger partial charge is 0.454 e. The summed E-state index contributed by atoms with van der Waals surface area (Å²) in [7, 11) is 0. The maximum Gasteiger partial charge on any atom is 0.160 e. The Morgan fingerprint density at radius 3 is 2.00 bits per heavy atom. The smallest absolute Gasteiger partial charge is 0.160 e. The highest BCUT2D eigenvalue weighted by molar-refractivity contribution is 6.22. The number of furan rings is 1. The lowest BCUT2D eigenvalue weighted by Gasteiger charge is -2.18. The monoisotopic (exact) mass is 585 g/mol. The molecule has 0 amide bonds. The third kappa shape index (κ3) is 3.20. The fourth-order valence-corrected chi connectivity index (χ4v) is 7.93. The van der Waals surface area contributed by atoms with E-state index in [2.05, 4.69) is 145 Å². The minimum absolute atomic E-state index is 0.902. The molecule has 0 unspecified atom stereocenters. The lowest BCUT2D eigenvalue weighted by atomic mass is 9.88. The van der Waals surface area contributed by atoms with Crippen LogP contribution in [-0.4, -0.2) is 4.57 Å². The Labute approximate surface area is 265 Å². The molecule has 2 nitrogen and oxygen atoms in total. The zero-order valence-corrected chi connectivity index (χ0v) is 25.0. The fourth-order valence-electron chi connectivity index (χ4n) is 7.93. The van der Waals surface area contributed by atoms with Crippen molar-refractivity contribution in [2.75, 3.05) is 0 Å². The highest BCUT2D eigenvalue weighted by Crippen LogP contribution is 2.49. The summed E-state index contributed by atoms with van der Waals surface area (Å²) >= 11 is 0. The van der Waals surface area contributed by atoms with Crippen LogP contribution in [0, 0.1) is 0 Å². The molecule has 7 aromatic carbocycles. The molecule has 1 aliphatic rings. The zero-order chi connectivity index (χ0) is 30.5. The van der Waals surface area contributed by atoms with E-state index in [1.54, 1.807) is 0 Å². The standard InChI is InChI=1S/C44H27NO/c1-3-27-31(20-21-36-29-13-5-4-12-28(29)26(2)42(27)36)32-24-25-40(33-15-7-6-14-30(32)33)45-39-18-10-8-16-34(39)37-22-23-38-35-17-9-11-19-41(35)46-44(38)43(37)45/h3-25H,1-2H2. The molecule has 1 aliphatic carbocycles. The average Bonchev–Trinajstić information content (AvgIpc) is 3.75. The lowest BCUT2D eigenvalue weighted by molar-refractivity contribution is 0.671. The van der Waals surface area contributed by atoms with E-state index in [9.17, 15) is 0 Å². The number of hydrogen-bond donors (Lipinski definition) is 0. The number of hydrogen-bond acceptors (Lipinski definition) is 1. The summed E-state index contributed by atoms with van der Waals surface area (Å²) in [6.07, 6.45) is 2.00. The minimum atomic E-state index is 0.902. The van der Waals surface area contributed by atoms with E-state index in [4.69, 9.17) is 4.42 Å². The predicted octanol–water partition coefficient (Wildman–Crippen LogP) is 12.2. The molecular weight excluding hydrogens is 558 g/mol. The normalized spacial score (nSPS) is 12.5. The third-order valence-electron chi connectivity index (χ3n) is 9.91. The van der Waals surface area contributed by atoms with E-state index in [-0.39, 0.29) is 0 Å². The second kappa shape index (κ2) is 9.20. The van der Waals surface area contributed by atoms with Gasteiger partial charge in [0.2, 0.25) is 0 Å². The molecule has 0 saturated carbocycles. The highest BCUT2D eigenvalue weighted by atomic mass is 16.3. The minimum Gasteiger partial charge on any atom is -0.454 e. The quantitative estimate of drug-likeness (QED) is 0.202. The van der Waals surface area contributed by atoms with Gasteiger partial charge in [0.15, 0.2) is 5.58 Å². The van der Waals surface area contributed by atoms with Crippen LogP contribution in [0.5, 0.6) is 0 Å². The van der Waals surface area contributed by atoms with Gasteiger partial charge < -0.3 is 8.98 Å². The Morgan fingerprint density at radius 1 is 0.500 bits per heavy atom. The van der Waals surface area contributed by atoms with Crippen molar-refractivity contribution in [3.63, 3.8) is 0 Å². The van der Waals surface area contributed by atoms with Gasteiger partial charge in [0.25, 0.3) is 0 Å². The third-order valence-corrected chi connectivity index (χ3v) is 9.91. The molecule has 0 bridgehead atoms. The van der Waals surface area contributed by atoms with E-state index in [0.717, 1.165) is 55.4 Å². The number of benzene rings is 7. The maximum atomic E-state index is 6.63. The summed E-state index contributed by atoms with van der Waals surface area (Å²) in [6, 6.07) is 47.8. The Hall–Kier alpha value is -6.12. The number of nitrogens with zero attached hydrogens (tertiary/aromatic N) is 1. The summed E-state index contributed by atoms with van der Waals surface area (Å²) in [4.78, 5) is 0. The molecule has 0 fully saturated rings. The van der Waals surface area contributed by atoms with E-state index in [0.29, 0.717) is 0 Å². The predicted molar refractivity (Wildman–Crippen MR) is 195 cm³/mol. The Morgan fingerprint density at radius 2 is 1.15 bits per heavy atom. The van der Waals surface area contributed by atoms with Crippen molar-refractivity contribution in [1.29, 1.82) is 0 Å². The van der Waals surface area contributed by atoms with Crippen LogP contribution in [0.15, 0.2) is 151 Å². The first kappa shape index (κ1) is 25.2. The first-order chi connectivity index (χ1) is 22.7. The van der Waals surface area contributed by atoms with Crippen LogP contribution in [0.25, 0.3) is 94.1 Å². The molecule has 46 heavy (non-hydrogen) atoms. The molecule has 0 spiro atoms. The van der Waals surface area contributed by atoms with Crippen LogP contribution < -0.4 is 0 Å². The molecule has 9 aromatic rings. The van der Waals surface area contributed by atoms with Crippen molar-refractivity contribution in [3.05, 3.63) is 163 Å². The zero-order valence-electron chi connectivity index (χ0n) is 25.0. The van der Waals surface area contributed by atoms with E-state index in [1.165, 1.54) is 49.4 Å². The molecule has 2 aromatic heterocycles. The van der Waals surface area contributed by atoms with Gasteiger partial charge in [-0.2, -0.15) is 0 Å². The molecule has 10 rings (SSSR count). The maximum absolute atomic E-state index is 6.63. The molecule has 0 aliphatic heterocycles. The molecule has 2 heterocycles. The number of para-hydroxylation sites is 2. The Balaban J connectivity index is 1.28. The molecule has 214 valence electrons. The van der Waals surface area contributed by atoms with Crippen LogP contribution in [0.4, 0.5) is 0 Å². The Bertz CT molecular complexity index is 2790. The number of fused-ring (bicyclic) bond motifs is 11. The molecule has 0 atom stereocenters. The van der Waals surface area contributed by atoms with Gasteiger partial charge in [0.05, 0.1) is 16.7 Å². The van der Waals surface area contributed by atoms with E-state index < -0.39 is 0 Å². The summed E-state index contributed by atoms with van der Waals surface area (Å²) in [5, 5.41) is 7.01. The van der Waals surface area contributed by atoms with Gasteiger partial charge in [-0.05, 0) is 74.2 Å². The van der Waals surface area contributed by atoms with Crippen LogP contribution in [-0.2, 0) is 0 Å². The van der Waals surface area contributed by atoms with Crippen LogP contribution in [0.3, 0.4) is 0 Å². The second-order valence-electron chi connectivity index (χ2n) is 12.1. The van der Waals surface area contributed by atoms with Crippen molar-refractivity contribution in [2.24, 2.45) is 0 Å². The Kier molecular flexibility index (Phi) is 5.05. The average molecular weight is 586 g/mol. The van der Waals surface area contributed by atoms with Gasteiger partial charge in [-0.15, -0.1) is 0 Å². The van der Waals surface area contributed by atoms with Crippen molar-refractivity contribution in [3.8, 4) is 27.9 Å². The molecule has 2 heteroatoms. The van der Waals surface area contributed by atoms with E-state index in [1.807, 2.05) is 12.1 Å². The van der Waals surface area contributed by atoms with Crippen molar-refractivity contribution in [1.82, 2.24) is 4.57 Å². The van der Waals surface area contributed by atoms with Crippen LogP contribution in [0.1, 0.15) is 16.7 Å². The van der Waals surface area contributed by atoms with Crippen LogP contribution in [0.2, 0.25) is 0 Å². The molecule has 0 saturated heterocycles. The number of rotatable bonds is 3. The van der Waals surface area contributed by atoms with Gasteiger partial charge in [-0.1, -0.05) is 128 Å². The summed E-state index contributed by atoms with van der Waals surface area (Å²) in [6.45, 7) is 8.82. The van der Waals surface area contributed by atoms with E-state index >= 15 is 0 Å². The van der Waals surface area contributed by atoms with Gasteiger partial charge in [0, 0.05) is 26.9 Å². The lowest BCUT2D eigenvalue weighted by Crippen LogP contribution is -1.98. The highest BCUT2D eigenvalue weighted by Gasteiger charge is 2.26. The van der Waals surface area contributed by atoms with Gasteiger partial charge in [-0.25, -0.2) is 0 Å². The fraction of sp³-hybridized carbons (Fsp3) is 0. The molecular formula is C44H27NO. The summed E-state index contributed by atoms with van der Waals surface area (Å²) in [5.74, 6) is 0.